The summed E-state index contributed by atoms with van der Waals surface area (Å²) in [5, 5.41) is 2.92. The van der Waals surface area contributed by atoms with E-state index in [0.29, 0.717) is 44.5 Å². The molecule has 0 spiro atoms. The van der Waals surface area contributed by atoms with E-state index < -0.39 is 18.0 Å². The SMILES string of the molecule is CCCC(=O)N(c1ccccc1)[C@@H]1CCN(C(=O)[C@@H](Cc2ccc(OC)cc2)NC(=O)[C@@H](N)Cc2cncn2C)C1. The number of para-hydroxylation sites is 1. The van der Waals surface area contributed by atoms with Gasteiger partial charge in [0.2, 0.25) is 17.7 Å². The maximum absolute atomic E-state index is 13.9. The van der Waals surface area contributed by atoms with Crippen molar-refractivity contribution in [1.82, 2.24) is 19.8 Å². The number of nitrogens with zero attached hydrogens (tertiary/aromatic N) is 4. The number of likely N-dealkylation sites (tertiary alicyclic amines) is 1. The fourth-order valence-electron chi connectivity index (χ4n) is 5.23. The molecule has 0 radical (unpaired) electrons. The van der Waals surface area contributed by atoms with Crippen molar-refractivity contribution >= 4 is 23.4 Å². The molecule has 0 unspecified atom stereocenters. The number of benzene rings is 2. The van der Waals surface area contributed by atoms with Crippen molar-refractivity contribution < 1.29 is 19.1 Å². The number of methoxy groups -OCH3 is 1. The first-order valence-electron chi connectivity index (χ1n) is 14.1. The zero-order chi connectivity index (χ0) is 29.4. The van der Waals surface area contributed by atoms with Crippen LogP contribution >= 0.6 is 0 Å². The number of nitrogens with one attached hydrogen (secondary N) is 1. The van der Waals surface area contributed by atoms with Crippen molar-refractivity contribution in [3.63, 3.8) is 0 Å². The molecule has 3 atom stereocenters. The average Bonchev–Trinajstić information content (AvgIpc) is 3.62. The number of amides is 3. The Kier molecular flexibility index (Phi) is 10.1. The van der Waals surface area contributed by atoms with Gasteiger partial charge in [-0.15, -0.1) is 0 Å². The van der Waals surface area contributed by atoms with Crippen molar-refractivity contribution in [2.75, 3.05) is 25.1 Å². The second-order valence-electron chi connectivity index (χ2n) is 10.5. The summed E-state index contributed by atoms with van der Waals surface area (Å²) in [5.41, 5.74) is 8.79. The Hall–Kier alpha value is -4.18. The largest absolute Gasteiger partial charge is 0.497 e. The molecule has 3 amide bonds. The van der Waals surface area contributed by atoms with E-state index in [1.807, 2.05) is 78.0 Å². The van der Waals surface area contributed by atoms with Gasteiger partial charge in [0.05, 0.1) is 25.5 Å². The summed E-state index contributed by atoms with van der Waals surface area (Å²) in [6, 6.07) is 15.2. The van der Waals surface area contributed by atoms with Gasteiger partial charge in [-0.05, 0) is 42.7 Å². The molecule has 10 heteroatoms. The van der Waals surface area contributed by atoms with Crippen LogP contribution in [0, 0.1) is 0 Å². The van der Waals surface area contributed by atoms with E-state index in [-0.39, 0.29) is 17.9 Å². The van der Waals surface area contributed by atoms with Crippen LogP contribution in [-0.4, -0.2) is 70.5 Å². The van der Waals surface area contributed by atoms with Crippen LogP contribution in [0.15, 0.2) is 67.1 Å². The van der Waals surface area contributed by atoms with Crippen LogP contribution in [0.1, 0.15) is 37.4 Å². The van der Waals surface area contributed by atoms with E-state index in [1.165, 1.54) is 0 Å². The van der Waals surface area contributed by atoms with Crippen LogP contribution in [0.5, 0.6) is 5.75 Å². The molecule has 3 N–H and O–H groups in total. The molecule has 1 fully saturated rings. The monoisotopic (exact) mass is 560 g/mol. The molecule has 1 aliphatic rings. The topological polar surface area (TPSA) is 123 Å². The van der Waals surface area contributed by atoms with Gasteiger partial charge in [0.25, 0.3) is 0 Å². The molecule has 0 saturated carbocycles. The lowest BCUT2D eigenvalue weighted by Gasteiger charge is -2.30. The van der Waals surface area contributed by atoms with Crippen molar-refractivity contribution in [2.45, 2.75) is 57.2 Å². The predicted molar refractivity (Wildman–Crippen MR) is 157 cm³/mol. The Morgan fingerprint density at radius 2 is 1.85 bits per heavy atom. The van der Waals surface area contributed by atoms with Gasteiger partial charge in [0.15, 0.2) is 0 Å². The number of carbonyl (C=O) groups excluding carboxylic acids is 3. The van der Waals surface area contributed by atoms with Crippen LogP contribution in [0.2, 0.25) is 0 Å². The van der Waals surface area contributed by atoms with Crippen LogP contribution in [0.25, 0.3) is 0 Å². The molecule has 10 nitrogen and oxygen atoms in total. The Morgan fingerprint density at radius 1 is 1.12 bits per heavy atom. The van der Waals surface area contributed by atoms with Crippen LogP contribution in [0.4, 0.5) is 5.69 Å². The first-order chi connectivity index (χ1) is 19.8. The molecular weight excluding hydrogens is 520 g/mol. The Balaban J connectivity index is 1.51. The maximum Gasteiger partial charge on any atom is 0.245 e. The summed E-state index contributed by atoms with van der Waals surface area (Å²) < 4.78 is 7.08. The molecule has 2 aromatic carbocycles. The normalized spacial score (nSPS) is 16.2. The van der Waals surface area contributed by atoms with Gasteiger partial charge in [0, 0.05) is 57.0 Å². The maximum atomic E-state index is 13.9. The highest BCUT2D eigenvalue weighted by Crippen LogP contribution is 2.25. The molecule has 1 aliphatic heterocycles. The van der Waals surface area contributed by atoms with Gasteiger partial charge in [0.1, 0.15) is 11.8 Å². The lowest BCUT2D eigenvalue weighted by molar-refractivity contribution is -0.136. The van der Waals surface area contributed by atoms with Gasteiger partial charge in [-0.1, -0.05) is 37.3 Å². The number of hydrogen-bond donors (Lipinski definition) is 2. The number of hydrogen-bond acceptors (Lipinski definition) is 6. The number of ether oxygens (including phenoxy) is 1. The summed E-state index contributed by atoms with van der Waals surface area (Å²) >= 11 is 0. The van der Waals surface area contributed by atoms with E-state index in [0.717, 1.165) is 23.4 Å². The van der Waals surface area contributed by atoms with Crippen LogP contribution in [0.3, 0.4) is 0 Å². The zero-order valence-corrected chi connectivity index (χ0v) is 24.0. The van der Waals surface area contributed by atoms with Crippen molar-refractivity contribution in [3.05, 3.63) is 78.4 Å². The number of carbonyl (C=O) groups is 3. The van der Waals surface area contributed by atoms with Crippen LogP contribution < -0.4 is 20.7 Å². The predicted octanol–water partition coefficient (Wildman–Crippen LogP) is 2.46. The molecule has 2 heterocycles. The molecular formula is C31H40N6O4. The highest BCUT2D eigenvalue weighted by molar-refractivity contribution is 5.94. The second kappa shape index (κ2) is 13.9. The van der Waals surface area contributed by atoms with E-state index >= 15 is 0 Å². The average molecular weight is 561 g/mol. The van der Waals surface area contributed by atoms with E-state index in [9.17, 15) is 14.4 Å². The number of aromatic nitrogens is 2. The molecule has 41 heavy (non-hydrogen) atoms. The first kappa shape index (κ1) is 29.8. The summed E-state index contributed by atoms with van der Waals surface area (Å²) in [6.07, 6.45) is 5.75. The molecule has 1 aromatic heterocycles. The highest BCUT2D eigenvalue weighted by atomic mass is 16.5. The molecule has 4 rings (SSSR count). The quantitative estimate of drug-likeness (QED) is 0.351. The Bertz CT molecular complexity index is 1310. The van der Waals surface area contributed by atoms with Gasteiger partial charge in [-0.2, -0.15) is 0 Å². The zero-order valence-electron chi connectivity index (χ0n) is 24.0. The van der Waals surface area contributed by atoms with Crippen LogP contribution in [-0.2, 0) is 34.3 Å². The summed E-state index contributed by atoms with van der Waals surface area (Å²) in [6.45, 7) is 2.86. The lowest BCUT2D eigenvalue weighted by Crippen LogP contribution is -2.54. The van der Waals surface area contributed by atoms with Crippen molar-refractivity contribution in [2.24, 2.45) is 12.8 Å². The minimum atomic E-state index is -0.844. The second-order valence-corrected chi connectivity index (χ2v) is 10.5. The fourth-order valence-corrected chi connectivity index (χ4v) is 5.23. The minimum absolute atomic E-state index is 0.0437. The third-order valence-electron chi connectivity index (χ3n) is 7.50. The number of imidazole rings is 1. The third-order valence-corrected chi connectivity index (χ3v) is 7.50. The molecule has 1 saturated heterocycles. The summed E-state index contributed by atoms with van der Waals surface area (Å²) in [4.78, 5) is 48.0. The Labute approximate surface area is 241 Å². The van der Waals surface area contributed by atoms with Gasteiger partial charge < -0.3 is 30.2 Å². The van der Waals surface area contributed by atoms with Gasteiger partial charge in [-0.25, -0.2) is 4.98 Å². The molecule has 0 bridgehead atoms. The smallest absolute Gasteiger partial charge is 0.245 e. The molecule has 0 aliphatic carbocycles. The highest BCUT2D eigenvalue weighted by Gasteiger charge is 2.36. The minimum Gasteiger partial charge on any atom is -0.497 e. The van der Waals surface area contributed by atoms with Gasteiger partial charge in [-0.3, -0.25) is 14.4 Å². The number of nitrogens with two attached hydrogens (primary N) is 1. The van der Waals surface area contributed by atoms with E-state index in [4.69, 9.17) is 10.5 Å². The number of anilines is 1. The van der Waals surface area contributed by atoms with E-state index in [1.54, 1.807) is 24.5 Å². The number of rotatable bonds is 12. The van der Waals surface area contributed by atoms with Gasteiger partial charge >= 0.3 is 0 Å². The summed E-state index contributed by atoms with van der Waals surface area (Å²) in [5.74, 6) is 0.152. The standard InChI is InChI=1S/C31H40N6O4/c1-4-8-29(38)37(23-9-6-5-7-10-23)24-15-16-36(20-24)31(40)28(17-22-11-13-26(41-3)14-12-22)34-30(39)27(32)18-25-19-33-21-35(25)2/h5-7,9-14,19,21,24,27-28H,4,8,15-18,20,32H2,1-3H3,(H,34,39)/t24-,27+,28-/m1/s1. The molecule has 3 aromatic rings. The summed E-state index contributed by atoms with van der Waals surface area (Å²) in [7, 11) is 3.44. The molecule has 218 valence electrons. The third kappa shape index (κ3) is 7.52. The number of aryl methyl sites for hydroxylation is 1. The lowest BCUT2D eigenvalue weighted by atomic mass is 10.0. The first-order valence-corrected chi connectivity index (χ1v) is 14.1. The van der Waals surface area contributed by atoms with E-state index in [2.05, 4.69) is 10.3 Å². The van der Waals surface area contributed by atoms with Crippen molar-refractivity contribution in [3.8, 4) is 5.75 Å². The van der Waals surface area contributed by atoms with Crippen molar-refractivity contribution in [1.29, 1.82) is 0 Å². The fraction of sp³-hybridized carbons (Fsp3) is 0.419. The Morgan fingerprint density at radius 3 is 2.49 bits per heavy atom.